The maximum absolute atomic E-state index is 11.1. The monoisotopic (exact) mass is 274 g/mol. The first-order valence-corrected chi connectivity index (χ1v) is 8.33. The lowest BCUT2D eigenvalue weighted by Gasteiger charge is -2.16. The minimum Gasteiger partial charge on any atom is -0.229 e. The number of halogens is 1. The summed E-state index contributed by atoms with van der Waals surface area (Å²) in [5, 5.41) is 0. The van der Waals surface area contributed by atoms with Crippen molar-refractivity contribution in [2.75, 3.05) is 17.9 Å². The van der Waals surface area contributed by atoms with Crippen LogP contribution < -0.4 is 0 Å². The van der Waals surface area contributed by atoms with Gasteiger partial charge in [-0.3, -0.25) is 0 Å². The Labute approximate surface area is 109 Å². The highest BCUT2D eigenvalue weighted by atomic mass is 35.5. The Morgan fingerprint density at radius 3 is 2.47 bits per heavy atom. The summed E-state index contributed by atoms with van der Waals surface area (Å²) >= 11 is 5.97. The Morgan fingerprint density at radius 2 is 1.94 bits per heavy atom. The summed E-state index contributed by atoms with van der Waals surface area (Å²) in [6.07, 6.45) is 2.77. The Kier molecular flexibility index (Phi) is 5.47. The van der Waals surface area contributed by atoms with E-state index in [0.29, 0.717) is 12.3 Å². The lowest BCUT2D eigenvalue weighted by Crippen LogP contribution is -2.08. The smallest absolute Gasteiger partial charge is 0.147 e. The predicted octanol–water partition coefficient (Wildman–Crippen LogP) is 3.14. The number of aryl methyl sites for hydroxylation is 1. The van der Waals surface area contributed by atoms with E-state index in [9.17, 15) is 8.42 Å². The topological polar surface area (TPSA) is 34.1 Å². The molecule has 0 N–H and O–H groups in total. The van der Waals surface area contributed by atoms with Crippen LogP contribution in [0.2, 0.25) is 0 Å². The first-order valence-electron chi connectivity index (χ1n) is 5.73. The molecule has 2 nitrogen and oxygen atoms in total. The van der Waals surface area contributed by atoms with Crippen LogP contribution >= 0.6 is 11.6 Å². The molecule has 0 aromatic heterocycles. The van der Waals surface area contributed by atoms with E-state index in [0.717, 1.165) is 6.42 Å². The molecule has 0 aliphatic heterocycles. The second kappa shape index (κ2) is 6.41. The van der Waals surface area contributed by atoms with Gasteiger partial charge in [0.15, 0.2) is 0 Å². The summed E-state index contributed by atoms with van der Waals surface area (Å²) in [5.41, 5.74) is 2.45. The third kappa shape index (κ3) is 5.09. The number of sulfone groups is 1. The van der Waals surface area contributed by atoms with Crippen molar-refractivity contribution < 1.29 is 8.42 Å². The molecular weight excluding hydrogens is 256 g/mol. The van der Waals surface area contributed by atoms with Gasteiger partial charge >= 0.3 is 0 Å². The molecule has 0 aliphatic carbocycles. The molecule has 0 fully saturated rings. The maximum Gasteiger partial charge on any atom is 0.147 e. The van der Waals surface area contributed by atoms with Gasteiger partial charge in [0.2, 0.25) is 0 Å². The number of hydrogen-bond donors (Lipinski definition) is 0. The number of alkyl halides is 1. The molecule has 0 radical (unpaired) electrons. The third-order valence-electron chi connectivity index (χ3n) is 2.88. The maximum atomic E-state index is 11.1. The van der Waals surface area contributed by atoms with Crippen molar-refractivity contribution in [2.24, 2.45) is 0 Å². The molecule has 1 unspecified atom stereocenters. The molecule has 0 saturated carbocycles. The summed E-state index contributed by atoms with van der Waals surface area (Å²) in [6, 6.07) is 8.13. The van der Waals surface area contributed by atoms with Crippen LogP contribution in [0.5, 0.6) is 0 Å². The van der Waals surface area contributed by atoms with Crippen LogP contribution in [0, 0.1) is 6.92 Å². The molecule has 0 spiro atoms. The molecule has 1 aromatic carbocycles. The predicted molar refractivity (Wildman–Crippen MR) is 73.6 cm³/mol. The SMILES string of the molecule is Cc1ccccc1C(CCl)CCCS(C)(=O)=O. The van der Waals surface area contributed by atoms with Crippen LogP contribution in [0.1, 0.15) is 29.9 Å². The molecule has 0 amide bonds. The van der Waals surface area contributed by atoms with Crippen LogP contribution in [-0.4, -0.2) is 26.3 Å². The van der Waals surface area contributed by atoms with Crippen LogP contribution in [0.3, 0.4) is 0 Å². The normalized spacial score (nSPS) is 13.6. The number of hydrogen-bond acceptors (Lipinski definition) is 2. The molecule has 0 bridgehead atoms. The Bertz CT molecular complexity index is 454. The van der Waals surface area contributed by atoms with E-state index < -0.39 is 9.84 Å². The van der Waals surface area contributed by atoms with E-state index in [2.05, 4.69) is 19.1 Å². The molecule has 0 saturated heterocycles. The molecule has 96 valence electrons. The van der Waals surface area contributed by atoms with Crippen LogP contribution in [0.15, 0.2) is 24.3 Å². The van der Waals surface area contributed by atoms with Gasteiger partial charge in [-0.15, -0.1) is 11.6 Å². The largest absolute Gasteiger partial charge is 0.229 e. The van der Waals surface area contributed by atoms with Gasteiger partial charge in [0, 0.05) is 17.9 Å². The average Bonchev–Trinajstić information content (AvgIpc) is 2.24. The Morgan fingerprint density at radius 1 is 1.29 bits per heavy atom. The highest BCUT2D eigenvalue weighted by molar-refractivity contribution is 7.90. The van der Waals surface area contributed by atoms with E-state index >= 15 is 0 Å². The van der Waals surface area contributed by atoms with Gasteiger partial charge in [-0.05, 0) is 36.8 Å². The Hall–Kier alpha value is -0.540. The summed E-state index contributed by atoms with van der Waals surface area (Å²) in [4.78, 5) is 0. The molecule has 0 aliphatic rings. The lowest BCUT2D eigenvalue weighted by atomic mass is 9.93. The van der Waals surface area contributed by atoms with Crippen molar-refractivity contribution >= 4 is 21.4 Å². The van der Waals surface area contributed by atoms with Crippen LogP contribution in [0.4, 0.5) is 0 Å². The van der Waals surface area contributed by atoms with Gasteiger partial charge in [0.1, 0.15) is 9.84 Å². The second-order valence-corrected chi connectivity index (χ2v) is 7.05. The average molecular weight is 275 g/mol. The zero-order valence-corrected chi connectivity index (χ0v) is 11.9. The summed E-state index contributed by atoms with van der Waals surface area (Å²) < 4.78 is 22.1. The molecule has 1 rings (SSSR count). The van der Waals surface area contributed by atoms with Crippen LogP contribution in [-0.2, 0) is 9.84 Å². The van der Waals surface area contributed by atoms with Gasteiger partial charge in [0.25, 0.3) is 0 Å². The second-order valence-electron chi connectivity index (χ2n) is 4.48. The van der Waals surface area contributed by atoms with Crippen LogP contribution in [0.25, 0.3) is 0 Å². The number of benzene rings is 1. The minimum atomic E-state index is -2.86. The Balaban J connectivity index is 2.64. The minimum absolute atomic E-state index is 0.242. The molecule has 1 aromatic rings. The lowest BCUT2D eigenvalue weighted by molar-refractivity contribution is 0.591. The zero-order chi connectivity index (χ0) is 12.9. The third-order valence-corrected chi connectivity index (χ3v) is 4.29. The first kappa shape index (κ1) is 14.5. The van der Waals surface area contributed by atoms with Gasteiger partial charge in [-0.2, -0.15) is 0 Å². The number of rotatable bonds is 6. The molecule has 1 atom stereocenters. The van der Waals surface area contributed by atoms with Crippen molar-refractivity contribution in [1.82, 2.24) is 0 Å². The highest BCUT2D eigenvalue weighted by Gasteiger charge is 2.13. The standard InChI is InChI=1S/C13H19ClO2S/c1-11-6-3-4-8-13(11)12(10-14)7-5-9-17(2,15)16/h3-4,6,8,12H,5,7,9-10H2,1-2H3. The van der Waals surface area contributed by atoms with Crippen molar-refractivity contribution in [3.05, 3.63) is 35.4 Å². The fourth-order valence-electron chi connectivity index (χ4n) is 1.95. The molecule has 0 heterocycles. The van der Waals surface area contributed by atoms with E-state index in [1.54, 1.807) is 0 Å². The summed E-state index contributed by atoms with van der Waals surface area (Å²) in [5.74, 6) is 1.03. The van der Waals surface area contributed by atoms with Gasteiger partial charge < -0.3 is 0 Å². The van der Waals surface area contributed by atoms with Crippen molar-refractivity contribution in [3.8, 4) is 0 Å². The van der Waals surface area contributed by atoms with Crippen molar-refractivity contribution in [2.45, 2.75) is 25.7 Å². The zero-order valence-electron chi connectivity index (χ0n) is 10.3. The van der Waals surface area contributed by atoms with Gasteiger partial charge in [0.05, 0.1) is 0 Å². The fourth-order valence-corrected chi connectivity index (χ4v) is 2.96. The fraction of sp³-hybridized carbons (Fsp3) is 0.538. The van der Waals surface area contributed by atoms with Gasteiger partial charge in [-0.25, -0.2) is 8.42 Å². The van der Waals surface area contributed by atoms with Gasteiger partial charge in [-0.1, -0.05) is 24.3 Å². The van der Waals surface area contributed by atoms with E-state index in [4.69, 9.17) is 11.6 Å². The van der Waals surface area contributed by atoms with E-state index in [-0.39, 0.29) is 11.7 Å². The van der Waals surface area contributed by atoms with E-state index in [1.165, 1.54) is 17.4 Å². The summed E-state index contributed by atoms with van der Waals surface area (Å²) in [6.45, 7) is 2.06. The molecular formula is C13H19ClO2S. The molecule has 4 heteroatoms. The first-order chi connectivity index (χ1) is 7.94. The molecule has 17 heavy (non-hydrogen) atoms. The summed E-state index contributed by atoms with van der Waals surface area (Å²) in [7, 11) is -2.86. The van der Waals surface area contributed by atoms with Crippen molar-refractivity contribution in [3.63, 3.8) is 0 Å². The highest BCUT2D eigenvalue weighted by Crippen LogP contribution is 2.25. The van der Waals surface area contributed by atoms with E-state index in [1.807, 2.05) is 12.1 Å². The van der Waals surface area contributed by atoms with Crippen molar-refractivity contribution in [1.29, 1.82) is 0 Å². The quantitative estimate of drug-likeness (QED) is 0.747.